The van der Waals surface area contributed by atoms with Crippen molar-refractivity contribution in [3.8, 4) is 0 Å². The quantitative estimate of drug-likeness (QED) is 0.835. The molecule has 0 amide bonds. The van der Waals surface area contributed by atoms with Gasteiger partial charge in [-0.15, -0.1) is 0 Å². The average Bonchev–Trinajstić information content (AvgIpc) is 2.28. The van der Waals surface area contributed by atoms with Crippen LogP contribution in [0.2, 0.25) is 10.0 Å². The third-order valence-corrected chi connectivity index (χ3v) is 3.66. The van der Waals surface area contributed by atoms with E-state index in [0.29, 0.717) is 10.0 Å². The van der Waals surface area contributed by atoms with E-state index >= 15 is 0 Å². The third kappa shape index (κ3) is 4.77. The Balaban J connectivity index is 2.77. The summed E-state index contributed by atoms with van der Waals surface area (Å²) in [6.45, 7) is 4.18. The molecule has 1 aromatic rings. The SMILES string of the molecule is CNC(CCC(C)(C)OC)c1cc(Cl)cc(Cl)c1. The van der Waals surface area contributed by atoms with E-state index in [1.165, 1.54) is 0 Å². The highest BCUT2D eigenvalue weighted by Gasteiger charge is 2.19. The van der Waals surface area contributed by atoms with E-state index in [1.807, 2.05) is 19.2 Å². The highest BCUT2D eigenvalue weighted by atomic mass is 35.5. The molecule has 0 saturated heterocycles. The summed E-state index contributed by atoms with van der Waals surface area (Å²) < 4.78 is 5.44. The van der Waals surface area contributed by atoms with E-state index < -0.39 is 0 Å². The van der Waals surface area contributed by atoms with Crippen molar-refractivity contribution in [3.63, 3.8) is 0 Å². The molecule has 0 spiro atoms. The molecule has 0 radical (unpaired) electrons. The maximum atomic E-state index is 6.03. The average molecular weight is 290 g/mol. The van der Waals surface area contributed by atoms with Gasteiger partial charge in [-0.25, -0.2) is 0 Å². The Morgan fingerprint density at radius 1 is 1.22 bits per heavy atom. The molecule has 102 valence electrons. The van der Waals surface area contributed by atoms with Crippen molar-refractivity contribution in [1.29, 1.82) is 0 Å². The Morgan fingerprint density at radius 2 is 1.78 bits per heavy atom. The molecule has 2 nitrogen and oxygen atoms in total. The molecule has 1 rings (SSSR count). The second-order valence-electron chi connectivity index (χ2n) is 5.05. The van der Waals surface area contributed by atoms with Crippen LogP contribution in [0.15, 0.2) is 18.2 Å². The lowest BCUT2D eigenvalue weighted by atomic mass is 9.95. The van der Waals surface area contributed by atoms with Gasteiger partial charge in [0.05, 0.1) is 5.60 Å². The van der Waals surface area contributed by atoms with E-state index in [2.05, 4.69) is 19.2 Å². The number of rotatable bonds is 6. The van der Waals surface area contributed by atoms with Gasteiger partial charge >= 0.3 is 0 Å². The lowest BCUT2D eigenvalue weighted by Gasteiger charge is -2.26. The van der Waals surface area contributed by atoms with Crippen LogP contribution in [0, 0.1) is 0 Å². The van der Waals surface area contributed by atoms with Crippen LogP contribution in [0.5, 0.6) is 0 Å². The molecule has 1 aromatic carbocycles. The minimum absolute atomic E-state index is 0.114. The molecule has 0 aliphatic heterocycles. The zero-order valence-electron chi connectivity index (χ0n) is 11.4. The predicted molar refractivity (Wildman–Crippen MR) is 78.6 cm³/mol. The molecule has 0 fully saturated rings. The predicted octanol–water partition coefficient (Wildman–Crippen LogP) is 4.46. The van der Waals surface area contributed by atoms with Crippen molar-refractivity contribution in [1.82, 2.24) is 5.32 Å². The molecular formula is C14H21Cl2NO. The summed E-state index contributed by atoms with van der Waals surface area (Å²) in [5, 5.41) is 4.64. The largest absolute Gasteiger partial charge is 0.379 e. The van der Waals surface area contributed by atoms with Gasteiger partial charge in [0.25, 0.3) is 0 Å². The lowest BCUT2D eigenvalue weighted by Crippen LogP contribution is -2.26. The second kappa shape index (κ2) is 6.76. The summed E-state index contributed by atoms with van der Waals surface area (Å²) in [4.78, 5) is 0. The fourth-order valence-electron chi connectivity index (χ4n) is 1.85. The number of benzene rings is 1. The summed E-state index contributed by atoms with van der Waals surface area (Å²) in [7, 11) is 3.68. The minimum Gasteiger partial charge on any atom is -0.379 e. The number of hydrogen-bond acceptors (Lipinski definition) is 2. The van der Waals surface area contributed by atoms with Crippen LogP contribution >= 0.6 is 23.2 Å². The Morgan fingerprint density at radius 3 is 2.22 bits per heavy atom. The normalized spacial score (nSPS) is 13.7. The molecule has 1 unspecified atom stereocenters. The van der Waals surface area contributed by atoms with Crippen LogP contribution in [0.25, 0.3) is 0 Å². The summed E-state index contributed by atoms with van der Waals surface area (Å²) >= 11 is 12.1. The number of ether oxygens (including phenoxy) is 1. The topological polar surface area (TPSA) is 21.3 Å². The van der Waals surface area contributed by atoms with Gasteiger partial charge in [0.2, 0.25) is 0 Å². The van der Waals surface area contributed by atoms with E-state index in [0.717, 1.165) is 18.4 Å². The fourth-order valence-corrected chi connectivity index (χ4v) is 2.39. The van der Waals surface area contributed by atoms with Gasteiger partial charge < -0.3 is 10.1 Å². The Labute approximate surface area is 120 Å². The third-order valence-electron chi connectivity index (χ3n) is 3.22. The Hall–Kier alpha value is -0.280. The van der Waals surface area contributed by atoms with Gasteiger partial charge in [-0.3, -0.25) is 0 Å². The van der Waals surface area contributed by atoms with Gasteiger partial charge in [-0.2, -0.15) is 0 Å². The highest BCUT2D eigenvalue weighted by Crippen LogP contribution is 2.28. The van der Waals surface area contributed by atoms with Gasteiger partial charge in [-0.05, 0) is 57.5 Å². The van der Waals surface area contributed by atoms with Crippen molar-refractivity contribution in [2.45, 2.75) is 38.3 Å². The highest BCUT2D eigenvalue weighted by molar-refractivity contribution is 6.34. The monoisotopic (exact) mass is 289 g/mol. The summed E-state index contributed by atoms with van der Waals surface area (Å²) in [6, 6.07) is 5.89. The first-order valence-corrected chi connectivity index (χ1v) is 6.82. The molecule has 0 saturated carbocycles. The summed E-state index contributed by atoms with van der Waals surface area (Å²) in [5.74, 6) is 0. The van der Waals surface area contributed by atoms with E-state index in [9.17, 15) is 0 Å². The zero-order valence-corrected chi connectivity index (χ0v) is 12.9. The maximum absolute atomic E-state index is 6.03. The van der Waals surface area contributed by atoms with E-state index in [1.54, 1.807) is 13.2 Å². The van der Waals surface area contributed by atoms with Crippen molar-refractivity contribution >= 4 is 23.2 Å². The molecule has 4 heteroatoms. The number of nitrogens with one attached hydrogen (secondary N) is 1. The van der Waals surface area contributed by atoms with Crippen molar-refractivity contribution in [3.05, 3.63) is 33.8 Å². The number of halogens is 2. The second-order valence-corrected chi connectivity index (χ2v) is 5.92. The minimum atomic E-state index is -0.114. The van der Waals surface area contributed by atoms with Crippen molar-refractivity contribution in [2.75, 3.05) is 14.2 Å². The molecule has 0 bridgehead atoms. The van der Waals surface area contributed by atoms with Crippen LogP contribution < -0.4 is 5.32 Å². The molecule has 0 aromatic heterocycles. The van der Waals surface area contributed by atoms with Crippen molar-refractivity contribution < 1.29 is 4.74 Å². The molecule has 18 heavy (non-hydrogen) atoms. The smallest absolute Gasteiger partial charge is 0.0623 e. The Kier molecular flexibility index (Phi) is 5.93. The molecular weight excluding hydrogens is 269 g/mol. The number of methoxy groups -OCH3 is 1. The van der Waals surface area contributed by atoms with E-state index in [-0.39, 0.29) is 11.6 Å². The molecule has 0 aliphatic carbocycles. The summed E-state index contributed by atoms with van der Waals surface area (Å²) in [5.41, 5.74) is 0.999. The molecule has 1 atom stereocenters. The van der Waals surface area contributed by atoms with Gasteiger partial charge in [-0.1, -0.05) is 23.2 Å². The van der Waals surface area contributed by atoms with E-state index in [4.69, 9.17) is 27.9 Å². The first kappa shape index (κ1) is 15.8. The molecule has 1 N–H and O–H groups in total. The van der Waals surface area contributed by atoms with Crippen LogP contribution in [-0.2, 0) is 4.74 Å². The molecule has 0 heterocycles. The van der Waals surface area contributed by atoms with Gasteiger partial charge in [0, 0.05) is 23.2 Å². The maximum Gasteiger partial charge on any atom is 0.0623 e. The number of hydrogen-bond donors (Lipinski definition) is 1. The van der Waals surface area contributed by atoms with Crippen molar-refractivity contribution in [2.24, 2.45) is 0 Å². The van der Waals surface area contributed by atoms with Gasteiger partial charge in [0.15, 0.2) is 0 Å². The lowest BCUT2D eigenvalue weighted by molar-refractivity contribution is 0.0118. The van der Waals surface area contributed by atoms with Gasteiger partial charge in [0.1, 0.15) is 0 Å². The van der Waals surface area contributed by atoms with Crippen LogP contribution in [0.4, 0.5) is 0 Å². The zero-order chi connectivity index (χ0) is 13.8. The van der Waals surface area contributed by atoms with Crippen LogP contribution in [-0.4, -0.2) is 19.8 Å². The first-order chi connectivity index (χ1) is 8.38. The fraction of sp³-hybridized carbons (Fsp3) is 0.571. The molecule has 0 aliphatic rings. The van der Waals surface area contributed by atoms with Crippen LogP contribution in [0.1, 0.15) is 38.3 Å². The first-order valence-electron chi connectivity index (χ1n) is 6.06. The Bertz CT molecular complexity index is 373. The standard InChI is InChI=1S/C14H21Cl2NO/c1-14(2,18-4)6-5-13(17-3)10-7-11(15)9-12(16)8-10/h7-9,13,17H,5-6H2,1-4H3. The summed E-state index contributed by atoms with van der Waals surface area (Å²) in [6.07, 6.45) is 1.92. The van der Waals surface area contributed by atoms with Crippen LogP contribution in [0.3, 0.4) is 0 Å².